The summed E-state index contributed by atoms with van der Waals surface area (Å²) in [5.74, 6) is 0.681. The predicted molar refractivity (Wildman–Crippen MR) is 123 cm³/mol. The van der Waals surface area contributed by atoms with E-state index in [4.69, 9.17) is 0 Å². The molecule has 3 unspecified atom stereocenters. The summed E-state index contributed by atoms with van der Waals surface area (Å²) in [7, 11) is -3.55. The molecule has 0 spiro atoms. The van der Waals surface area contributed by atoms with Crippen LogP contribution in [0.2, 0.25) is 0 Å². The van der Waals surface area contributed by atoms with Crippen molar-refractivity contribution in [3.8, 4) is 0 Å². The number of carbonyl (C=O) groups excluding carboxylic acids is 1. The third-order valence-electron chi connectivity index (χ3n) is 7.88. The zero-order valence-electron chi connectivity index (χ0n) is 18.3. The number of nitrogens with zero attached hydrogens (tertiary/aromatic N) is 3. The van der Waals surface area contributed by atoms with Crippen LogP contribution in [0, 0.1) is 18.8 Å². The summed E-state index contributed by atoms with van der Waals surface area (Å²) in [6, 6.07) is 7.20. The normalized spacial score (nSPS) is 30.3. The molecule has 3 fully saturated rings. The van der Waals surface area contributed by atoms with E-state index in [2.05, 4.69) is 9.88 Å². The summed E-state index contributed by atoms with van der Waals surface area (Å²) < 4.78 is 28.8. The second kappa shape index (κ2) is 7.64. The van der Waals surface area contributed by atoms with Crippen molar-refractivity contribution in [3.63, 3.8) is 0 Å². The second-order valence-electron chi connectivity index (χ2n) is 9.88. The second-order valence-corrected chi connectivity index (χ2v) is 12.6. The van der Waals surface area contributed by atoms with Gasteiger partial charge in [-0.1, -0.05) is 18.2 Å². The molecule has 170 valence electrons. The summed E-state index contributed by atoms with van der Waals surface area (Å²) in [4.78, 5) is 22.3. The van der Waals surface area contributed by atoms with Crippen LogP contribution in [0.1, 0.15) is 60.7 Å². The van der Waals surface area contributed by atoms with Gasteiger partial charge in [0.2, 0.25) is 15.9 Å². The van der Waals surface area contributed by atoms with Crippen LogP contribution in [0.15, 0.2) is 34.7 Å². The number of thiazole rings is 1. The van der Waals surface area contributed by atoms with Gasteiger partial charge in [-0.3, -0.25) is 4.79 Å². The van der Waals surface area contributed by atoms with Gasteiger partial charge >= 0.3 is 0 Å². The molecule has 2 saturated heterocycles. The first kappa shape index (κ1) is 20.8. The molecule has 0 N–H and O–H groups in total. The van der Waals surface area contributed by atoms with E-state index in [0.29, 0.717) is 23.7 Å². The highest BCUT2D eigenvalue weighted by atomic mass is 32.2. The first-order valence-corrected chi connectivity index (χ1v) is 14.1. The summed E-state index contributed by atoms with van der Waals surface area (Å²) in [5, 5.41) is 0. The van der Waals surface area contributed by atoms with E-state index >= 15 is 0 Å². The fourth-order valence-corrected chi connectivity index (χ4v) is 9.19. The standard InChI is InChI=1S/C24H29N3O3S2/c1-15-4-2-3-5-21(15)32(29,30)27-18-8-9-19(27)13-17(12-18)24(28)26-11-10-20-22(25-14-31-20)23(26)16-6-7-16/h2-5,14,16-19,23H,6-13H2,1H3. The number of aryl methyl sites for hydroxylation is 1. The van der Waals surface area contributed by atoms with Crippen LogP contribution in [0.4, 0.5) is 0 Å². The molecule has 3 atom stereocenters. The van der Waals surface area contributed by atoms with Gasteiger partial charge < -0.3 is 4.90 Å². The van der Waals surface area contributed by atoms with Gasteiger partial charge in [0.05, 0.1) is 22.1 Å². The fourth-order valence-electron chi connectivity index (χ4n) is 6.28. The molecule has 3 aliphatic heterocycles. The van der Waals surface area contributed by atoms with E-state index in [0.717, 1.165) is 37.1 Å². The minimum absolute atomic E-state index is 0.0775. The van der Waals surface area contributed by atoms with Gasteiger partial charge in [-0.05, 0) is 63.0 Å². The largest absolute Gasteiger partial charge is 0.333 e. The number of fused-ring (bicyclic) bond motifs is 3. The van der Waals surface area contributed by atoms with E-state index in [-0.39, 0.29) is 30.0 Å². The zero-order valence-corrected chi connectivity index (χ0v) is 19.9. The van der Waals surface area contributed by atoms with Gasteiger partial charge in [0.15, 0.2) is 0 Å². The third-order valence-corrected chi connectivity index (χ3v) is 11.0. The Morgan fingerprint density at radius 3 is 2.50 bits per heavy atom. The SMILES string of the molecule is Cc1ccccc1S(=O)(=O)N1C2CCC1CC(C(=O)N1CCc3scnc3C1C1CC1)C2. The van der Waals surface area contributed by atoms with Crippen molar-refractivity contribution in [2.75, 3.05) is 6.54 Å². The first-order valence-electron chi connectivity index (χ1n) is 11.8. The molecule has 2 bridgehead atoms. The maximum absolute atomic E-state index is 13.8. The number of piperidine rings is 1. The number of aromatic nitrogens is 1. The molecule has 8 heteroatoms. The van der Waals surface area contributed by atoms with Crippen LogP contribution < -0.4 is 0 Å². The van der Waals surface area contributed by atoms with Crippen molar-refractivity contribution in [2.24, 2.45) is 11.8 Å². The molecule has 2 aromatic rings. The van der Waals surface area contributed by atoms with Crippen LogP contribution in [0.25, 0.3) is 0 Å². The number of benzene rings is 1. The van der Waals surface area contributed by atoms with E-state index in [1.807, 2.05) is 24.6 Å². The molecular weight excluding hydrogens is 442 g/mol. The summed E-state index contributed by atoms with van der Waals surface area (Å²) in [6.07, 6.45) is 6.20. The molecule has 1 aromatic heterocycles. The number of hydrogen-bond acceptors (Lipinski definition) is 5. The number of amides is 1. The Morgan fingerprint density at radius 2 is 1.81 bits per heavy atom. The van der Waals surface area contributed by atoms with Crippen LogP contribution in [-0.4, -0.2) is 47.1 Å². The molecule has 0 radical (unpaired) electrons. The lowest BCUT2D eigenvalue weighted by atomic mass is 9.89. The van der Waals surface area contributed by atoms with Crippen molar-refractivity contribution >= 4 is 27.3 Å². The van der Waals surface area contributed by atoms with Gasteiger partial charge in [0.25, 0.3) is 0 Å². The van der Waals surface area contributed by atoms with E-state index in [9.17, 15) is 13.2 Å². The highest BCUT2D eigenvalue weighted by molar-refractivity contribution is 7.89. The highest BCUT2D eigenvalue weighted by Crippen LogP contribution is 2.49. The van der Waals surface area contributed by atoms with Crippen LogP contribution in [-0.2, 0) is 21.2 Å². The number of hydrogen-bond donors (Lipinski definition) is 0. The lowest BCUT2D eigenvalue weighted by Gasteiger charge is -2.42. The van der Waals surface area contributed by atoms with Gasteiger partial charge in [0.1, 0.15) is 0 Å². The zero-order chi connectivity index (χ0) is 22.0. The molecular formula is C24H29N3O3S2. The summed E-state index contributed by atoms with van der Waals surface area (Å²) >= 11 is 1.71. The van der Waals surface area contributed by atoms with Crippen molar-refractivity contribution in [2.45, 2.75) is 74.9 Å². The molecule has 4 aliphatic rings. The lowest BCUT2D eigenvalue weighted by Crippen LogP contribution is -2.51. The Kier molecular flexibility index (Phi) is 4.97. The summed E-state index contributed by atoms with van der Waals surface area (Å²) in [5.41, 5.74) is 3.83. The Morgan fingerprint density at radius 1 is 1.09 bits per heavy atom. The fraction of sp³-hybridized carbons (Fsp3) is 0.583. The summed E-state index contributed by atoms with van der Waals surface area (Å²) in [6.45, 7) is 2.62. The van der Waals surface area contributed by atoms with E-state index < -0.39 is 10.0 Å². The highest BCUT2D eigenvalue weighted by Gasteiger charge is 2.51. The molecule has 1 amide bonds. The molecule has 1 aromatic carbocycles. The van der Waals surface area contributed by atoms with Crippen LogP contribution >= 0.6 is 11.3 Å². The molecule has 6 rings (SSSR count). The maximum atomic E-state index is 13.8. The molecule has 1 saturated carbocycles. The van der Waals surface area contributed by atoms with Crippen molar-refractivity contribution < 1.29 is 13.2 Å². The lowest BCUT2D eigenvalue weighted by molar-refractivity contribution is -0.141. The van der Waals surface area contributed by atoms with Gasteiger partial charge in [0, 0.05) is 35.8 Å². The van der Waals surface area contributed by atoms with Crippen molar-refractivity contribution in [1.82, 2.24) is 14.2 Å². The van der Waals surface area contributed by atoms with E-state index in [1.165, 1.54) is 17.7 Å². The first-order chi connectivity index (χ1) is 15.4. The third kappa shape index (κ3) is 3.25. The molecule has 4 heterocycles. The monoisotopic (exact) mass is 471 g/mol. The molecule has 32 heavy (non-hydrogen) atoms. The number of rotatable bonds is 4. The number of carbonyl (C=O) groups is 1. The average molecular weight is 472 g/mol. The average Bonchev–Trinajstić information content (AvgIpc) is 3.44. The Balaban J connectivity index is 1.24. The van der Waals surface area contributed by atoms with Crippen LogP contribution in [0.5, 0.6) is 0 Å². The molecule has 6 nitrogen and oxygen atoms in total. The Hall–Kier alpha value is -1.77. The van der Waals surface area contributed by atoms with Crippen molar-refractivity contribution in [3.05, 3.63) is 45.9 Å². The Labute approximate surface area is 193 Å². The quantitative estimate of drug-likeness (QED) is 0.678. The smallest absolute Gasteiger partial charge is 0.243 e. The van der Waals surface area contributed by atoms with E-state index in [1.54, 1.807) is 27.8 Å². The maximum Gasteiger partial charge on any atom is 0.243 e. The van der Waals surface area contributed by atoms with Gasteiger partial charge in [-0.25, -0.2) is 13.4 Å². The molecule has 1 aliphatic carbocycles. The minimum Gasteiger partial charge on any atom is -0.333 e. The number of sulfonamides is 1. The topological polar surface area (TPSA) is 70.6 Å². The predicted octanol–water partition coefficient (Wildman–Crippen LogP) is 3.92. The Bertz CT molecular complexity index is 1140. The van der Waals surface area contributed by atoms with Gasteiger partial charge in [-0.15, -0.1) is 11.3 Å². The van der Waals surface area contributed by atoms with Gasteiger partial charge in [-0.2, -0.15) is 4.31 Å². The minimum atomic E-state index is -3.55. The van der Waals surface area contributed by atoms with Crippen molar-refractivity contribution in [1.29, 1.82) is 0 Å². The van der Waals surface area contributed by atoms with Crippen LogP contribution in [0.3, 0.4) is 0 Å².